The molecule has 0 aliphatic heterocycles. The van der Waals surface area contributed by atoms with E-state index in [1.807, 2.05) is 13.8 Å². The van der Waals surface area contributed by atoms with Crippen LogP contribution in [0.5, 0.6) is 0 Å². The van der Waals surface area contributed by atoms with Gasteiger partial charge in [0.25, 0.3) is 0 Å². The lowest BCUT2D eigenvalue weighted by Gasteiger charge is -2.23. The van der Waals surface area contributed by atoms with Crippen LogP contribution in [0.3, 0.4) is 0 Å². The van der Waals surface area contributed by atoms with Gasteiger partial charge in [-0.3, -0.25) is 0 Å². The fourth-order valence-corrected chi connectivity index (χ4v) is 1.34. The SMILES string of the molecule is CC(C)CC(NC(=O)OC(C)(C)C)C(=O)OCC#N. The fraction of sp³-hybridized carbons (Fsp3) is 0.769. The van der Waals surface area contributed by atoms with Gasteiger partial charge in [0.05, 0.1) is 0 Å². The van der Waals surface area contributed by atoms with Crippen molar-refractivity contribution in [1.82, 2.24) is 5.32 Å². The van der Waals surface area contributed by atoms with Crippen molar-refractivity contribution in [3.8, 4) is 6.07 Å². The number of nitrogens with one attached hydrogen (secondary N) is 1. The molecule has 0 bridgehead atoms. The van der Waals surface area contributed by atoms with E-state index in [0.717, 1.165) is 0 Å². The number of ether oxygens (including phenoxy) is 2. The van der Waals surface area contributed by atoms with Crippen LogP contribution in [0, 0.1) is 17.2 Å². The molecule has 0 aliphatic carbocycles. The maximum Gasteiger partial charge on any atom is 0.408 e. The van der Waals surface area contributed by atoms with Gasteiger partial charge in [0.15, 0.2) is 6.61 Å². The van der Waals surface area contributed by atoms with E-state index in [0.29, 0.717) is 6.42 Å². The predicted molar refractivity (Wildman–Crippen MR) is 69.2 cm³/mol. The van der Waals surface area contributed by atoms with Crippen LogP contribution in [-0.4, -0.2) is 30.3 Å². The standard InChI is InChI=1S/C13H22N2O4/c1-9(2)8-10(11(16)18-7-6-14)15-12(17)19-13(3,4)5/h9-10H,7-8H2,1-5H3,(H,15,17). The lowest BCUT2D eigenvalue weighted by Crippen LogP contribution is -2.45. The van der Waals surface area contributed by atoms with E-state index in [1.54, 1.807) is 26.8 Å². The number of carbonyl (C=O) groups is 2. The Balaban J connectivity index is 4.55. The molecular weight excluding hydrogens is 248 g/mol. The first-order valence-corrected chi connectivity index (χ1v) is 6.19. The molecule has 1 unspecified atom stereocenters. The van der Waals surface area contributed by atoms with Gasteiger partial charge >= 0.3 is 12.1 Å². The highest BCUT2D eigenvalue weighted by molar-refractivity contribution is 5.81. The van der Waals surface area contributed by atoms with Crippen molar-refractivity contribution in [1.29, 1.82) is 5.26 Å². The summed E-state index contributed by atoms with van der Waals surface area (Å²) in [6.45, 7) is 8.71. The monoisotopic (exact) mass is 270 g/mol. The smallest absolute Gasteiger partial charge is 0.408 e. The van der Waals surface area contributed by atoms with Crippen LogP contribution >= 0.6 is 0 Å². The molecule has 0 aliphatic rings. The fourth-order valence-electron chi connectivity index (χ4n) is 1.34. The Labute approximate surface area is 114 Å². The molecule has 0 saturated carbocycles. The summed E-state index contributed by atoms with van der Waals surface area (Å²) in [6, 6.07) is 0.909. The summed E-state index contributed by atoms with van der Waals surface area (Å²) in [5.41, 5.74) is -0.636. The molecule has 0 radical (unpaired) electrons. The third-order valence-electron chi connectivity index (χ3n) is 1.96. The van der Waals surface area contributed by atoms with E-state index >= 15 is 0 Å². The molecule has 0 heterocycles. The van der Waals surface area contributed by atoms with Crippen LogP contribution in [0.15, 0.2) is 0 Å². The molecule has 6 nitrogen and oxygen atoms in total. The largest absolute Gasteiger partial charge is 0.449 e. The maximum absolute atomic E-state index is 11.7. The molecule has 0 aromatic heterocycles. The van der Waals surface area contributed by atoms with Crippen LogP contribution in [0.4, 0.5) is 4.79 Å². The van der Waals surface area contributed by atoms with E-state index in [-0.39, 0.29) is 12.5 Å². The van der Waals surface area contributed by atoms with Crippen molar-refractivity contribution in [2.75, 3.05) is 6.61 Å². The average Bonchev–Trinajstić information content (AvgIpc) is 2.21. The predicted octanol–water partition coefficient (Wildman–Crippen LogP) is 1.99. The van der Waals surface area contributed by atoms with Crippen molar-refractivity contribution < 1.29 is 19.1 Å². The Kier molecular flexibility index (Phi) is 6.91. The highest BCUT2D eigenvalue weighted by atomic mass is 16.6. The number of hydrogen-bond donors (Lipinski definition) is 1. The van der Waals surface area contributed by atoms with Gasteiger partial charge in [-0.25, -0.2) is 9.59 Å². The number of nitrogens with zero attached hydrogens (tertiary/aromatic N) is 1. The first-order chi connectivity index (χ1) is 8.65. The summed E-state index contributed by atoms with van der Waals surface area (Å²) in [5.74, 6) is -0.435. The van der Waals surface area contributed by atoms with Crippen LogP contribution in [0.25, 0.3) is 0 Å². The number of nitriles is 1. The van der Waals surface area contributed by atoms with E-state index in [9.17, 15) is 9.59 Å². The zero-order valence-corrected chi connectivity index (χ0v) is 12.1. The summed E-state index contributed by atoms with van der Waals surface area (Å²) >= 11 is 0. The first-order valence-electron chi connectivity index (χ1n) is 6.19. The molecule has 0 fully saturated rings. The highest BCUT2D eigenvalue weighted by Crippen LogP contribution is 2.10. The third-order valence-corrected chi connectivity index (χ3v) is 1.96. The molecule has 0 aromatic rings. The second-order valence-corrected chi connectivity index (χ2v) is 5.59. The summed E-state index contributed by atoms with van der Waals surface area (Å²) in [4.78, 5) is 23.3. The van der Waals surface area contributed by atoms with Gasteiger partial charge < -0.3 is 14.8 Å². The molecule has 1 amide bonds. The Hall–Kier alpha value is -1.77. The molecule has 0 spiro atoms. The van der Waals surface area contributed by atoms with Crippen LogP contribution in [-0.2, 0) is 14.3 Å². The van der Waals surface area contributed by atoms with Crippen LogP contribution in [0.1, 0.15) is 41.0 Å². The molecule has 19 heavy (non-hydrogen) atoms. The van der Waals surface area contributed by atoms with Gasteiger partial charge in [0.1, 0.15) is 17.7 Å². The van der Waals surface area contributed by atoms with Gasteiger partial charge in [-0.1, -0.05) is 13.8 Å². The van der Waals surface area contributed by atoms with Crippen molar-refractivity contribution in [3.05, 3.63) is 0 Å². The molecule has 0 aromatic carbocycles. The Morgan fingerprint density at radius 2 is 1.89 bits per heavy atom. The Bertz CT molecular complexity index is 353. The Morgan fingerprint density at radius 3 is 2.32 bits per heavy atom. The average molecular weight is 270 g/mol. The Morgan fingerprint density at radius 1 is 1.32 bits per heavy atom. The lowest BCUT2D eigenvalue weighted by molar-refractivity contribution is -0.145. The number of esters is 1. The number of hydrogen-bond acceptors (Lipinski definition) is 5. The van der Waals surface area contributed by atoms with Crippen LogP contribution in [0.2, 0.25) is 0 Å². The molecule has 0 saturated heterocycles. The van der Waals surface area contributed by atoms with E-state index in [4.69, 9.17) is 14.7 Å². The lowest BCUT2D eigenvalue weighted by atomic mass is 10.0. The summed E-state index contributed by atoms with van der Waals surface area (Å²) < 4.78 is 9.80. The highest BCUT2D eigenvalue weighted by Gasteiger charge is 2.26. The van der Waals surface area contributed by atoms with Gasteiger partial charge in [0.2, 0.25) is 0 Å². The topological polar surface area (TPSA) is 88.4 Å². The van der Waals surface area contributed by atoms with Crippen molar-refractivity contribution in [2.24, 2.45) is 5.92 Å². The molecule has 108 valence electrons. The molecule has 6 heteroatoms. The molecule has 0 rings (SSSR count). The third kappa shape index (κ3) is 8.89. The van der Waals surface area contributed by atoms with Crippen LogP contribution < -0.4 is 5.32 Å². The number of alkyl carbamates (subject to hydrolysis) is 1. The maximum atomic E-state index is 11.7. The van der Waals surface area contributed by atoms with E-state index in [1.165, 1.54) is 0 Å². The van der Waals surface area contributed by atoms with E-state index < -0.39 is 23.7 Å². The quantitative estimate of drug-likeness (QED) is 0.772. The van der Waals surface area contributed by atoms with Crippen molar-refractivity contribution in [2.45, 2.75) is 52.7 Å². The minimum Gasteiger partial charge on any atom is -0.449 e. The molecule has 1 N–H and O–H groups in total. The second kappa shape index (κ2) is 7.62. The zero-order valence-electron chi connectivity index (χ0n) is 12.1. The summed E-state index contributed by atoms with van der Waals surface area (Å²) in [7, 11) is 0. The first kappa shape index (κ1) is 17.2. The van der Waals surface area contributed by atoms with Crippen molar-refractivity contribution >= 4 is 12.1 Å². The number of carbonyl (C=O) groups excluding carboxylic acids is 2. The van der Waals surface area contributed by atoms with Gasteiger partial charge in [-0.15, -0.1) is 0 Å². The van der Waals surface area contributed by atoms with Crippen molar-refractivity contribution in [3.63, 3.8) is 0 Å². The molecular formula is C13H22N2O4. The van der Waals surface area contributed by atoms with Gasteiger partial charge in [-0.05, 0) is 33.1 Å². The van der Waals surface area contributed by atoms with E-state index in [2.05, 4.69) is 5.32 Å². The summed E-state index contributed by atoms with van der Waals surface area (Å²) in [6.07, 6.45) is -0.254. The molecule has 1 atom stereocenters. The summed E-state index contributed by atoms with van der Waals surface area (Å²) in [5, 5.41) is 10.8. The van der Waals surface area contributed by atoms with Gasteiger partial charge in [-0.2, -0.15) is 5.26 Å². The minimum atomic E-state index is -0.803. The normalized spacial score (nSPS) is 12.5. The number of rotatable bonds is 5. The van der Waals surface area contributed by atoms with Gasteiger partial charge in [0, 0.05) is 0 Å². The number of amides is 1. The second-order valence-electron chi connectivity index (χ2n) is 5.59. The minimum absolute atomic E-state index is 0.189. The zero-order chi connectivity index (χ0) is 15.1.